The van der Waals surface area contributed by atoms with E-state index in [9.17, 15) is 18.5 Å². The largest absolute Gasteiger partial charge is 0.374 e. The molecule has 1 unspecified atom stereocenters. The summed E-state index contributed by atoms with van der Waals surface area (Å²) in [5.74, 6) is 0. The van der Waals surface area contributed by atoms with E-state index < -0.39 is 21.0 Å². The molecule has 0 aliphatic heterocycles. The summed E-state index contributed by atoms with van der Waals surface area (Å²) in [6.07, 6.45) is 1.58. The zero-order valence-electron chi connectivity index (χ0n) is 11.1. The smallest absolute Gasteiger partial charge is 0.304 e. The number of nitro groups is 1. The minimum absolute atomic E-state index is 0.109. The maximum absolute atomic E-state index is 12.3. The summed E-state index contributed by atoms with van der Waals surface area (Å²) in [6.45, 7) is 1.66. The van der Waals surface area contributed by atoms with Crippen LogP contribution in [0.15, 0.2) is 21.9 Å². The van der Waals surface area contributed by atoms with Gasteiger partial charge in [-0.25, -0.2) is 18.1 Å². The van der Waals surface area contributed by atoms with E-state index in [0.717, 1.165) is 17.4 Å². The van der Waals surface area contributed by atoms with E-state index in [0.29, 0.717) is 5.01 Å². The normalized spacial score (nSPS) is 13.0. The molecule has 0 saturated heterocycles. The van der Waals surface area contributed by atoms with E-state index in [1.54, 1.807) is 18.5 Å². The third-order valence-corrected chi connectivity index (χ3v) is 6.65. The third-order valence-electron chi connectivity index (χ3n) is 2.53. The maximum Gasteiger partial charge on any atom is 0.304 e. The molecule has 8 nitrogen and oxygen atoms in total. The number of sulfonamides is 1. The number of nitrogens with zero attached hydrogens (tertiary/aromatic N) is 2. The summed E-state index contributed by atoms with van der Waals surface area (Å²) in [4.78, 5) is 14.3. The van der Waals surface area contributed by atoms with Gasteiger partial charge in [0.05, 0.1) is 11.0 Å². The molecule has 0 aliphatic carbocycles. The molecule has 0 saturated carbocycles. The lowest BCUT2D eigenvalue weighted by Gasteiger charge is -2.10. The van der Waals surface area contributed by atoms with Crippen molar-refractivity contribution in [2.45, 2.75) is 17.2 Å². The first kappa shape index (κ1) is 15.8. The van der Waals surface area contributed by atoms with Crippen molar-refractivity contribution in [3.8, 4) is 0 Å². The topological polar surface area (TPSA) is 114 Å². The molecule has 0 amide bonds. The number of aromatic nitrogens is 1. The molecule has 21 heavy (non-hydrogen) atoms. The molecule has 0 aromatic carbocycles. The molecular formula is C10H12N4O4S3. The van der Waals surface area contributed by atoms with Crippen LogP contribution >= 0.6 is 22.7 Å². The van der Waals surface area contributed by atoms with E-state index in [1.165, 1.54) is 18.4 Å². The lowest BCUT2D eigenvalue weighted by molar-refractivity contribution is -0.383. The van der Waals surface area contributed by atoms with Gasteiger partial charge in [-0.15, -0.1) is 11.3 Å². The number of rotatable bonds is 6. The van der Waals surface area contributed by atoms with Crippen LogP contribution in [0, 0.1) is 10.1 Å². The van der Waals surface area contributed by atoms with Crippen molar-refractivity contribution >= 4 is 43.4 Å². The SMILES string of the molecule is CNc1sc(S(=O)(=O)NC(C)c2nccs2)cc1[N+](=O)[O-]. The molecular weight excluding hydrogens is 336 g/mol. The average molecular weight is 348 g/mol. The molecule has 2 aromatic rings. The molecule has 114 valence electrons. The van der Waals surface area contributed by atoms with Gasteiger partial charge >= 0.3 is 5.69 Å². The number of anilines is 1. The molecule has 0 radical (unpaired) electrons. The van der Waals surface area contributed by atoms with E-state index in [4.69, 9.17) is 0 Å². The Bertz CT molecular complexity index is 738. The van der Waals surface area contributed by atoms with Crippen LogP contribution in [0.5, 0.6) is 0 Å². The number of thiophene rings is 1. The summed E-state index contributed by atoms with van der Waals surface area (Å²) in [5, 5.41) is 16.1. The van der Waals surface area contributed by atoms with Crippen LogP contribution < -0.4 is 10.0 Å². The first-order chi connectivity index (χ1) is 9.85. The molecule has 0 spiro atoms. The Morgan fingerprint density at radius 1 is 1.48 bits per heavy atom. The first-order valence-corrected chi connectivity index (χ1v) is 8.90. The van der Waals surface area contributed by atoms with Crippen molar-refractivity contribution in [2.75, 3.05) is 12.4 Å². The molecule has 0 aliphatic rings. The summed E-state index contributed by atoms with van der Waals surface area (Å²) in [7, 11) is -2.34. The van der Waals surface area contributed by atoms with E-state index in [1.807, 2.05) is 0 Å². The predicted octanol–water partition coefficient (Wildman–Crippen LogP) is 2.19. The van der Waals surface area contributed by atoms with Crippen molar-refractivity contribution in [3.05, 3.63) is 32.8 Å². The molecule has 1 atom stereocenters. The second kappa shape index (κ2) is 6.05. The second-order valence-corrected chi connectivity index (χ2v) is 7.92. The maximum atomic E-state index is 12.3. The Balaban J connectivity index is 2.29. The van der Waals surface area contributed by atoms with Crippen LogP contribution in [0.4, 0.5) is 10.7 Å². The highest BCUT2D eigenvalue weighted by Gasteiger charge is 2.27. The lowest BCUT2D eigenvalue weighted by Crippen LogP contribution is -2.26. The zero-order chi connectivity index (χ0) is 15.6. The molecule has 2 N–H and O–H groups in total. The summed E-state index contributed by atoms with van der Waals surface area (Å²) < 4.78 is 26.9. The van der Waals surface area contributed by atoms with Crippen LogP contribution in [0.2, 0.25) is 0 Å². The van der Waals surface area contributed by atoms with Crippen LogP contribution in [-0.2, 0) is 10.0 Å². The zero-order valence-corrected chi connectivity index (χ0v) is 13.5. The minimum Gasteiger partial charge on any atom is -0.374 e. The molecule has 0 fully saturated rings. The van der Waals surface area contributed by atoms with E-state index in [-0.39, 0.29) is 14.9 Å². The Morgan fingerprint density at radius 2 is 2.19 bits per heavy atom. The third kappa shape index (κ3) is 3.37. The van der Waals surface area contributed by atoms with Crippen molar-refractivity contribution < 1.29 is 13.3 Å². The van der Waals surface area contributed by atoms with E-state index in [2.05, 4.69) is 15.0 Å². The fraction of sp³-hybridized carbons (Fsp3) is 0.300. The average Bonchev–Trinajstić information content (AvgIpc) is 3.07. The van der Waals surface area contributed by atoms with Gasteiger partial charge in [0, 0.05) is 24.7 Å². The van der Waals surface area contributed by atoms with Gasteiger partial charge in [0.1, 0.15) is 9.22 Å². The molecule has 2 aromatic heterocycles. The lowest BCUT2D eigenvalue weighted by atomic mass is 10.4. The van der Waals surface area contributed by atoms with Crippen LogP contribution in [0.1, 0.15) is 18.0 Å². The minimum atomic E-state index is -3.84. The van der Waals surface area contributed by atoms with Crippen molar-refractivity contribution in [2.24, 2.45) is 0 Å². The highest BCUT2D eigenvalue weighted by molar-refractivity contribution is 7.91. The van der Waals surface area contributed by atoms with Gasteiger partial charge in [-0.2, -0.15) is 0 Å². The molecule has 2 rings (SSSR count). The number of thiazole rings is 1. The first-order valence-electron chi connectivity index (χ1n) is 5.73. The van der Waals surface area contributed by atoms with Crippen LogP contribution in [-0.4, -0.2) is 25.4 Å². The monoisotopic (exact) mass is 348 g/mol. The second-order valence-electron chi connectivity index (χ2n) is 4.00. The summed E-state index contributed by atoms with van der Waals surface area (Å²) in [5.41, 5.74) is -0.259. The van der Waals surface area contributed by atoms with Gasteiger partial charge < -0.3 is 5.32 Å². The Morgan fingerprint density at radius 3 is 2.67 bits per heavy atom. The fourth-order valence-corrected chi connectivity index (χ4v) is 4.82. The summed E-state index contributed by atoms with van der Waals surface area (Å²) in [6, 6.07) is 0.544. The van der Waals surface area contributed by atoms with Gasteiger partial charge in [-0.05, 0) is 6.92 Å². The van der Waals surface area contributed by atoms with Gasteiger partial charge in [0.2, 0.25) is 0 Å². The van der Waals surface area contributed by atoms with E-state index >= 15 is 0 Å². The summed E-state index contributed by atoms with van der Waals surface area (Å²) >= 11 is 2.14. The quantitative estimate of drug-likeness (QED) is 0.611. The standard InChI is InChI=1S/C10H12N4O4S3/c1-6(9-12-3-4-19-9)13-21(17,18)8-5-7(14(15)16)10(11-2)20-8/h3-6,11,13H,1-2H3. The Hall–Kier alpha value is -1.56. The van der Waals surface area contributed by atoms with Crippen molar-refractivity contribution in [3.63, 3.8) is 0 Å². The molecule has 0 bridgehead atoms. The highest BCUT2D eigenvalue weighted by atomic mass is 32.2. The van der Waals surface area contributed by atoms with Crippen LogP contribution in [0.3, 0.4) is 0 Å². The van der Waals surface area contributed by atoms with Crippen molar-refractivity contribution in [1.82, 2.24) is 9.71 Å². The Labute approximate surface area is 129 Å². The molecule has 11 heteroatoms. The number of hydrogen-bond donors (Lipinski definition) is 2. The van der Waals surface area contributed by atoms with Gasteiger partial charge in [-0.1, -0.05) is 11.3 Å². The predicted molar refractivity (Wildman–Crippen MR) is 81.4 cm³/mol. The van der Waals surface area contributed by atoms with Gasteiger partial charge in [-0.3, -0.25) is 10.1 Å². The highest BCUT2D eigenvalue weighted by Crippen LogP contribution is 2.37. The van der Waals surface area contributed by atoms with Crippen LogP contribution in [0.25, 0.3) is 0 Å². The number of nitrogens with one attached hydrogen (secondary N) is 2. The van der Waals surface area contributed by atoms with Gasteiger partial charge in [0.25, 0.3) is 10.0 Å². The molecule has 2 heterocycles. The Kier molecular flexibility index (Phi) is 4.56. The van der Waals surface area contributed by atoms with Crippen molar-refractivity contribution in [1.29, 1.82) is 0 Å². The van der Waals surface area contributed by atoms with Gasteiger partial charge in [0.15, 0.2) is 5.00 Å². The number of hydrogen-bond acceptors (Lipinski definition) is 8. The fourth-order valence-electron chi connectivity index (χ4n) is 1.60.